The molecule has 96 valence electrons. The van der Waals surface area contributed by atoms with E-state index in [9.17, 15) is 0 Å². The Labute approximate surface area is 105 Å². The van der Waals surface area contributed by atoms with Gasteiger partial charge in [0, 0.05) is 12.1 Å². The van der Waals surface area contributed by atoms with Crippen LogP contribution < -0.4 is 11.1 Å². The summed E-state index contributed by atoms with van der Waals surface area (Å²) < 4.78 is 0. The van der Waals surface area contributed by atoms with Gasteiger partial charge in [0.1, 0.15) is 11.8 Å². The van der Waals surface area contributed by atoms with Crippen LogP contribution in [-0.2, 0) is 0 Å². The van der Waals surface area contributed by atoms with Crippen molar-refractivity contribution in [3.63, 3.8) is 0 Å². The van der Waals surface area contributed by atoms with Crippen LogP contribution in [0.5, 0.6) is 0 Å². The molecule has 2 aromatic rings. The molecule has 2 aromatic heterocycles. The maximum absolute atomic E-state index is 6.39. The Bertz CT molecular complexity index is 528. The first kappa shape index (κ1) is 11.4. The second-order valence-electron chi connectivity index (χ2n) is 5.10. The van der Waals surface area contributed by atoms with Crippen LogP contribution in [0, 0.1) is 0 Å². The molecule has 0 aliphatic heterocycles. The Hall–Kier alpha value is -1.69. The Kier molecular flexibility index (Phi) is 2.87. The molecule has 6 heteroatoms. The molecule has 0 atom stereocenters. The number of rotatable bonds is 3. The largest absolute Gasteiger partial charge is 0.366 e. The average Bonchev–Trinajstić information content (AvgIpc) is 2.86. The number of hydrogen-bond acceptors (Lipinski definition) is 5. The molecule has 1 aliphatic rings. The summed E-state index contributed by atoms with van der Waals surface area (Å²) >= 11 is 0. The Morgan fingerprint density at radius 2 is 2.06 bits per heavy atom. The van der Waals surface area contributed by atoms with E-state index in [1.165, 1.54) is 25.6 Å². The third-order valence-electron chi connectivity index (χ3n) is 3.68. The van der Waals surface area contributed by atoms with E-state index in [0.717, 1.165) is 30.7 Å². The monoisotopic (exact) mass is 246 g/mol. The minimum absolute atomic E-state index is 0.102. The van der Waals surface area contributed by atoms with Crippen LogP contribution in [0.3, 0.4) is 0 Å². The molecule has 2 heterocycles. The van der Waals surface area contributed by atoms with Crippen LogP contribution in [0.2, 0.25) is 0 Å². The lowest BCUT2D eigenvalue weighted by atomic mass is 9.82. The van der Waals surface area contributed by atoms with E-state index in [2.05, 4.69) is 25.3 Å². The normalized spacial score (nSPS) is 18.9. The van der Waals surface area contributed by atoms with Crippen molar-refractivity contribution in [3.05, 3.63) is 12.7 Å². The van der Waals surface area contributed by atoms with Crippen LogP contribution in [0.15, 0.2) is 12.7 Å². The van der Waals surface area contributed by atoms with Crippen molar-refractivity contribution in [2.75, 3.05) is 11.9 Å². The molecule has 1 fully saturated rings. The zero-order valence-electron chi connectivity index (χ0n) is 10.3. The highest BCUT2D eigenvalue weighted by Gasteiger charge is 2.27. The Morgan fingerprint density at radius 3 is 2.89 bits per heavy atom. The lowest BCUT2D eigenvalue weighted by Gasteiger charge is -2.33. The SMILES string of the molecule is NC1(CNc2ncnc3nc[nH]c23)CCCCC1. The number of hydrogen-bond donors (Lipinski definition) is 3. The third kappa shape index (κ3) is 2.15. The summed E-state index contributed by atoms with van der Waals surface area (Å²) in [4.78, 5) is 15.5. The number of anilines is 1. The number of nitrogens with zero attached hydrogens (tertiary/aromatic N) is 3. The van der Waals surface area contributed by atoms with Gasteiger partial charge in [-0.15, -0.1) is 0 Å². The molecule has 0 saturated heterocycles. The highest BCUT2D eigenvalue weighted by Crippen LogP contribution is 2.26. The van der Waals surface area contributed by atoms with Crippen molar-refractivity contribution >= 4 is 17.0 Å². The summed E-state index contributed by atoms with van der Waals surface area (Å²) in [6.45, 7) is 0.748. The van der Waals surface area contributed by atoms with Gasteiger partial charge in [0.25, 0.3) is 0 Å². The highest BCUT2D eigenvalue weighted by atomic mass is 15.1. The van der Waals surface area contributed by atoms with Crippen molar-refractivity contribution in [1.82, 2.24) is 19.9 Å². The fraction of sp³-hybridized carbons (Fsp3) is 0.583. The molecule has 0 spiro atoms. The zero-order valence-corrected chi connectivity index (χ0v) is 10.3. The van der Waals surface area contributed by atoms with Gasteiger partial charge in [0.2, 0.25) is 0 Å². The second kappa shape index (κ2) is 4.53. The number of nitrogens with two attached hydrogens (primary N) is 1. The van der Waals surface area contributed by atoms with E-state index in [4.69, 9.17) is 5.73 Å². The fourth-order valence-electron chi connectivity index (χ4n) is 2.59. The van der Waals surface area contributed by atoms with Gasteiger partial charge in [-0.2, -0.15) is 0 Å². The van der Waals surface area contributed by atoms with Gasteiger partial charge in [-0.1, -0.05) is 19.3 Å². The molecular formula is C12H18N6. The van der Waals surface area contributed by atoms with E-state index >= 15 is 0 Å². The molecule has 0 radical (unpaired) electrons. The maximum atomic E-state index is 6.39. The van der Waals surface area contributed by atoms with E-state index in [0.29, 0.717) is 5.65 Å². The van der Waals surface area contributed by atoms with Crippen LogP contribution in [0.4, 0.5) is 5.82 Å². The summed E-state index contributed by atoms with van der Waals surface area (Å²) in [5, 5.41) is 3.34. The van der Waals surface area contributed by atoms with Crippen molar-refractivity contribution in [1.29, 1.82) is 0 Å². The maximum Gasteiger partial charge on any atom is 0.182 e. The van der Waals surface area contributed by atoms with Gasteiger partial charge in [-0.25, -0.2) is 15.0 Å². The molecule has 3 rings (SSSR count). The first-order valence-electron chi connectivity index (χ1n) is 6.44. The van der Waals surface area contributed by atoms with Crippen molar-refractivity contribution in [3.8, 4) is 0 Å². The smallest absolute Gasteiger partial charge is 0.182 e. The lowest BCUT2D eigenvalue weighted by molar-refractivity contribution is 0.311. The molecule has 0 amide bonds. The Balaban J connectivity index is 1.74. The number of imidazole rings is 1. The van der Waals surface area contributed by atoms with Crippen molar-refractivity contribution < 1.29 is 0 Å². The van der Waals surface area contributed by atoms with E-state index < -0.39 is 0 Å². The minimum Gasteiger partial charge on any atom is -0.366 e. The average molecular weight is 246 g/mol. The molecule has 6 nitrogen and oxygen atoms in total. The molecule has 0 aromatic carbocycles. The standard InChI is InChI=1S/C12H18N6/c13-12(4-2-1-3-5-12)6-14-10-9-11(16-7-15-9)18-8-17-10/h7-8H,1-6,13H2,(H2,14,15,16,17,18). The molecule has 1 saturated carbocycles. The minimum atomic E-state index is -0.102. The highest BCUT2D eigenvalue weighted by molar-refractivity contribution is 5.81. The van der Waals surface area contributed by atoms with Crippen LogP contribution in [-0.4, -0.2) is 32.0 Å². The van der Waals surface area contributed by atoms with E-state index in [-0.39, 0.29) is 5.54 Å². The predicted molar refractivity (Wildman–Crippen MR) is 70.2 cm³/mol. The first-order chi connectivity index (χ1) is 8.77. The number of aromatic nitrogens is 4. The summed E-state index contributed by atoms with van der Waals surface area (Å²) in [5.74, 6) is 0.785. The zero-order chi connectivity index (χ0) is 12.4. The first-order valence-corrected chi connectivity index (χ1v) is 6.44. The van der Waals surface area contributed by atoms with Gasteiger partial charge in [-0.05, 0) is 12.8 Å². The summed E-state index contributed by atoms with van der Waals surface area (Å²) in [6, 6.07) is 0. The number of aromatic amines is 1. The lowest BCUT2D eigenvalue weighted by Crippen LogP contribution is -2.47. The predicted octanol–water partition coefficient (Wildman–Crippen LogP) is 1.43. The van der Waals surface area contributed by atoms with Gasteiger partial charge in [0.15, 0.2) is 11.5 Å². The van der Waals surface area contributed by atoms with Crippen LogP contribution in [0.25, 0.3) is 11.2 Å². The van der Waals surface area contributed by atoms with Gasteiger partial charge >= 0.3 is 0 Å². The molecule has 1 aliphatic carbocycles. The molecule has 0 bridgehead atoms. The number of H-pyrrole nitrogens is 1. The molecule has 18 heavy (non-hydrogen) atoms. The van der Waals surface area contributed by atoms with E-state index in [1.54, 1.807) is 6.33 Å². The summed E-state index contributed by atoms with van der Waals surface area (Å²) in [5.41, 5.74) is 7.82. The summed E-state index contributed by atoms with van der Waals surface area (Å²) in [7, 11) is 0. The second-order valence-corrected chi connectivity index (χ2v) is 5.10. The molecule has 0 unspecified atom stereocenters. The quantitative estimate of drug-likeness (QED) is 0.761. The van der Waals surface area contributed by atoms with Crippen molar-refractivity contribution in [2.45, 2.75) is 37.6 Å². The van der Waals surface area contributed by atoms with Gasteiger partial charge in [-0.3, -0.25) is 0 Å². The topological polar surface area (TPSA) is 92.5 Å². The Morgan fingerprint density at radius 1 is 1.22 bits per heavy atom. The van der Waals surface area contributed by atoms with E-state index in [1.807, 2.05) is 0 Å². The molecule has 4 N–H and O–H groups in total. The van der Waals surface area contributed by atoms with Crippen LogP contribution in [0.1, 0.15) is 32.1 Å². The number of nitrogens with one attached hydrogen (secondary N) is 2. The van der Waals surface area contributed by atoms with Gasteiger partial charge in [0.05, 0.1) is 6.33 Å². The third-order valence-corrected chi connectivity index (χ3v) is 3.68. The van der Waals surface area contributed by atoms with Crippen LogP contribution >= 0.6 is 0 Å². The van der Waals surface area contributed by atoms with Gasteiger partial charge < -0.3 is 16.0 Å². The summed E-state index contributed by atoms with van der Waals surface area (Å²) in [6.07, 6.45) is 9.06. The van der Waals surface area contributed by atoms with Crippen molar-refractivity contribution in [2.24, 2.45) is 5.73 Å². The fourth-order valence-corrected chi connectivity index (χ4v) is 2.59. The molecular weight excluding hydrogens is 228 g/mol. The number of fused-ring (bicyclic) bond motifs is 1.